The molecule has 2 aromatic carbocycles. The van der Waals surface area contributed by atoms with Crippen LogP contribution in [0.4, 0.5) is 5.69 Å². The van der Waals surface area contributed by atoms with Crippen LogP contribution < -0.4 is 25.8 Å². The summed E-state index contributed by atoms with van der Waals surface area (Å²) in [6.45, 7) is 0.375. The van der Waals surface area contributed by atoms with E-state index in [4.69, 9.17) is 15.2 Å². The Kier molecular flexibility index (Phi) is 9.94. The van der Waals surface area contributed by atoms with Crippen LogP contribution in [0.15, 0.2) is 51.9 Å². The zero-order valence-corrected chi connectivity index (χ0v) is 18.9. The second kappa shape index (κ2) is 11.7. The van der Waals surface area contributed by atoms with Gasteiger partial charge in [-0.1, -0.05) is 28.1 Å². The Morgan fingerprint density at radius 3 is 2.56 bits per heavy atom. The predicted octanol–water partition coefficient (Wildman–Crippen LogP) is 3.13. The SMILES string of the molecule is COc1ccc(CN=C(N)NCC(=O)Nc2cccc(Br)c2)cc1OC.I. The van der Waals surface area contributed by atoms with Crippen molar-refractivity contribution in [3.05, 3.63) is 52.5 Å². The normalized spacial score (nSPS) is 10.6. The average molecular weight is 549 g/mol. The number of carbonyl (C=O) groups excluding carboxylic acids is 1. The number of hydrogen-bond acceptors (Lipinski definition) is 4. The van der Waals surface area contributed by atoms with E-state index >= 15 is 0 Å². The van der Waals surface area contributed by atoms with Gasteiger partial charge in [0.05, 0.1) is 27.3 Å². The van der Waals surface area contributed by atoms with Gasteiger partial charge < -0.3 is 25.8 Å². The van der Waals surface area contributed by atoms with Crippen molar-refractivity contribution in [1.82, 2.24) is 5.32 Å². The van der Waals surface area contributed by atoms with Crippen molar-refractivity contribution < 1.29 is 14.3 Å². The molecule has 0 heterocycles. The quantitative estimate of drug-likeness (QED) is 0.280. The van der Waals surface area contributed by atoms with Crippen LogP contribution in [-0.4, -0.2) is 32.6 Å². The van der Waals surface area contributed by atoms with Gasteiger partial charge in [-0.3, -0.25) is 4.79 Å². The number of halogens is 2. The van der Waals surface area contributed by atoms with Gasteiger partial charge in [-0.15, -0.1) is 24.0 Å². The van der Waals surface area contributed by atoms with Crippen LogP contribution in [0, 0.1) is 0 Å². The highest BCUT2D eigenvalue weighted by Crippen LogP contribution is 2.27. The molecule has 1 amide bonds. The maximum Gasteiger partial charge on any atom is 0.243 e. The van der Waals surface area contributed by atoms with Gasteiger partial charge in [-0.25, -0.2) is 4.99 Å². The third kappa shape index (κ3) is 7.63. The molecule has 9 heteroatoms. The number of methoxy groups -OCH3 is 2. The highest BCUT2D eigenvalue weighted by Gasteiger charge is 2.05. The van der Waals surface area contributed by atoms with E-state index in [1.54, 1.807) is 26.4 Å². The largest absolute Gasteiger partial charge is 0.493 e. The van der Waals surface area contributed by atoms with Gasteiger partial charge in [-0.2, -0.15) is 0 Å². The third-order valence-electron chi connectivity index (χ3n) is 3.42. The average Bonchev–Trinajstić information content (AvgIpc) is 2.64. The molecule has 0 saturated carbocycles. The summed E-state index contributed by atoms with van der Waals surface area (Å²) in [4.78, 5) is 16.1. The van der Waals surface area contributed by atoms with E-state index in [-0.39, 0.29) is 42.4 Å². The van der Waals surface area contributed by atoms with Crippen molar-refractivity contribution in [3.8, 4) is 11.5 Å². The molecule has 7 nitrogen and oxygen atoms in total. The van der Waals surface area contributed by atoms with Crippen LogP contribution in [0.2, 0.25) is 0 Å². The number of aliphatic imine (C=N–C) groups is 1. The molecule has 2 rings (SSSR count). The molecule has 4 N–H and O–H groups in total. The lowest BCUT2D eigenvalue weighted by Crippen LogP contribution is -2.37. The lowest BCUT2D eigenvalue weighted by molar-refractivity contribution is -0.115. The Morgan fingerprint density at radius 2 is 1.89 bits per heavy atom. The van der Waals surface area contributed by atoms with Gasteiger partial charge >= 0.3 is 0 Å². The monoisotopic (exact) mass is 548 g/mol. The molecule has 0 radical (unpaired) electrons. The van der Waals surface area contributed by atoms with E-state index < -0.39 is 0 Å². The number of benzene rings is 2. The predicted molar refractivity (Wildman–Crippen MR) is 121 cm³/mol. The summed E-state index contributed by atoms with van der Waals surface area (Å²) in [5.41, 5.74) is 7.42. The van der Waals surface area contributed by atoms with Crippen molar-refractivity contribution in [3.63, 3.8) is 0 Å². The first kappa shape index (κ1) is 23.0. The van der Waals surface area contributed by atoms with Gasteiger partial charge in [-0.05, 0) is 35.9 Å². The standard InChI is InChI=1S/C18H21BrN4O3.HI/c1-25-15-7-6-12(8-16(15)26-2)10-21-18(20)22-11-17(24)23-14-5-3-4-13(19)9-14;/h3-9H,10-11H2,1-2H3,(H,23,24)(H3,20,21,22);1H. The number of amides is 1. The van der Waals surface area contributed by atoms with E-state index in [0.29, 0.717) is 23.7 Å². The van der Waals surface area contributed by atoms with Crippen molar-refractivity contribution in [2.45, 2.75) is 6.54 Å². The molecule has 0 atom stereocenters. The summed E-state index contributed by atoms with van der Waals surface area (Å²) >= 11 is 3.35. The van der Waals surface area contributed by atoms with Gasteiger partial charge in [0.25, 0.3) is 0 Å². The van der Waals surface area contributed by atoms with Crippen LogP contribution in [-0.2, 0) is 11.3 Å². The summed E-state index contributed by atoms with van der Waals surface area (Å²) in [5.74, 6) is 1.24. The van der Waals surface area contributed by atoms with Crippen molar-refractivity contribution in [2.24, 2.45) is 10.7 Å². The fourth-order valence-electron chi connectivity index (χ4n) is 2.15. The summed E-state index contributed by atoms with van der Waals surface area (Å²) in [6.07, 6.45) is 0. The van der Waals surface area contributed by atoms with E-state index in [2.05, 4.69) is 31.6 Å². The first-order chi connectivity index (χ1) is 12.5. The van der Waals surface area contributed by atoms with Crippen LogP contribution >= 0.6 is 39.9 Å². The number of rotatable bonds is 7. The zero-order valence-electron chi connectivity index (χ0n) is 15.0. The van der Waals surface area contributed by atoms with Crippen LogP contribution in [0.5, 0.6) is 11.5 Å². The van der Waals surface area contributed by atoms with Crippen molar-refractivity contribution in [2.75, 3.05) is 26.1 Å². The number of hydrogen-bond donors (Lipinski definition) is 3. The molecule has 27 heavy (non-hydrogen) atoms. The Bertz CT molecular complexity index is 802. The number of nitrogens with zero attached hydrogens (tertiary/aromatic N) is 1. The van der Waals surface area contributed by atoms with E-state index in [1.165, 1.54) is 0 Å². The summed E-state index contributed by atoms with van der Waals surface area (Å²) in [7, 11) is 3.15. The number of nitrogens with one attached hydrogen (secondary N) is 2. The molecule has 0 aliphatic rings. The summed E-state index contributed by atoms with van der Waals surface area (Å²) in [5, 5.41) is 5.55. The topological polar surface area (TPSA) is 98.0 Å². The van der Waals surface area contributed by atoms with Crippen LogP contribution in [0.1, 0.15) is 5.56 Å². The summed E-state index contributed by atoms with van der Waals surface area (Å²) in [6, 6.07) is 12.8. The Morgan fingerprint density at radius 1 is 1.15 bits per heavy atom. The van der Waals surface area contributed by atoms with E-state index in [0.717, 1.165) is 10.0 Å². The zero-order chi connectivity index (χ0) is 18.9. The Balaban J connectivity index is 0.00000364. The molecule has 0 aliphatic heterocycles. The molecule has 0 unspecified atom stereocenters. The number of carbonyl (C=O) groups is 1. The highest BCUT2D eigenvalue weighted by molar-refractivity contribution is 14.0. The van der Waals surface area contributed by atoms with Crippen molar-refractivity contribution >= 4 is 57.5 Å². The number of anilines is 1. The molecular weight excluding hydrogens is 527 g/mol. The Labute approximate surface area is 183 Å². The minimum atomic E-state index is -0.215. The van der Waals surface area contributed by atoms with Crippen LogP contribution in [0.3, 0.4) is 0 Å². The lowest BCUT2D eigenvalue weighted by Gasteiger charge is -2.09. The molecule has 0 fully saturated rings. The molecular formula is C18H22BrIN4O3. The van der Waals surface area contributed by atoms with Gasteiger partial charge in [0.2, 0.25) is 5.91 Å². The third-order valence-corrected chi connectivity index (χ3v) is 3.91. The molecule has 0 bridgehead atoms. The van der Waals surface area contributed by atoms with Gasteiger partial charge in [0.15, 0.2) is 17.5 Å². The van der Waals surface area contributed by atoms with Crippen molar-refractivity contribution in [1.29, 1.82) is 0 Å². The maximum atomic E-state index is 11.9. The fraction of sp³-hybridized carbons (Fsp3) is 0.222. The number of guanidine groups is 1. The maximum absolute atomic E-state index is 11.9. The van der Waals surface area contributed by atoms with Gasteiger partial charge in [0.1, 0.15) is 0 Å². The molecule has 0 aliphatic carbocycles. The first-order valence-corrected chi connectivity index (χ1v) is 8.61. The van der Waals surface area contributed by atoms with Crippen LogP contribution in [0.25, 0.3) is 0 Å². The van der Waals surface area contributed by atoms with E-state index in [9.17, 15) is 4.79 Å². The second-order valence-corrected chi connectivity index (χ2v) is 6.22. The molecule has 0 saturated heterocycles. The number of nitrogens with two attached hydrogens (primary N) is 1. The van der Waals surface area contributed by atoms with Gasteiger partial charge in [0, 0.05) is 10.2 Å². The Hall–Kier alpha value is -2.01. The molecule has 0 spiro atoms. The molecule has 2 aromatic rings. The summed E-state index contributed by atoms with van der Waals surface area (Å²) < 4.78 is 11.3. The highest BCUT2D eigenvalue weighted by atomic mass is 127. The first-order valence-electron chi connectivity index (χ1n) is 7.82. The second-order valence-electron chi connectivity index (χ2n) is 5.30. The smallest absolute Gasteiger partial charge is 0.243 e. The number of ether oxygens (including phenoxy) is 2. The lowest BCUT2D eigenvalue weighted by atomic mass is 10.2. The minimum absolute atomic E-state index is 0. The van der Waals surface area contributed by atoms with E-state index in [1.807, 2.05) is 30.3 Å². The minimum Gasteiger partial charge on any atom is -0.493 e. The fourth-order valence-corrected chi connectivity index (χ4v) is 2.55. The molecule has 146 valence electrons. The molecule has 0 aromatic heterocycles.